The molecule has 3 heterocycles. The molecule has 0 amide bonds. The van der Waals surface area contributed by atoms with Crippen LogP contribution >= 0.6 is 11.7 Å². The third kappa shape index (κ3) is 2.71. The van der Waals surface area contributed by atoms with Gasteiger partial charge in [-0.25, -0.2) is 4.79 Å². The summed E-state index contributed by atoms with van der Waals surface area (Å²) >= 11 is 1.10. The van der Waals surface area contributed by atoms with Gasteiger partial charge in [0.2, 0.25) is 5.76 Å². The Morgan fingerprint density at radius 3 is 2.91 bits per heavy atom. The summed E-state index contributed by atoms with van der Waals surface area (Å²) in [5, 5.41) is 3.85. The lowest BCUT2D eigenvalue weighted by atomic mass is 10.2. The Labute approximate surface area is 133 Å². The molecule has 1 aromatic carbocycles. The maximum atomic E-state index is 12.1. The smallest absolute Gasteiger partial charge is 0.338 e. The molecular formula is C15H9N3O4S. The van der Waals surface area contributed by atoms with Crippen LogP contribution in [0.4, 0.5) is 0 Å². The standard InChI is InChI=1S/C15H9N3O4S/c19-15(9-3-4-11-12(6-9)18-23-17-11)21-8-10-7-14(22-16-10)13-2-1-5-20-13/h1-7H,8H2. The van der Waals surface area contributed by atoms with Crippen molar-refractivity contribution in [1.29, 1.82) is 0 Å². The summed E-state index contributed by atoms with van der Waals surface area (Å²) < 4.78 is 23.8. The first-order valence-corrected chi connectivity index (χ1v) is 7.41. The van der Waals surface area contributed by atoms with Gasteiger partial charge < -0.3 is 13.7 Å². The van der Waals surface area contributed by atoms with Crippen LogP contribution in [0.1, 0.15) is 16.1 Å². The molecule has 7 nitrogen and oxygen atoms in total. The SMILES string of the molecule is O=C(OCc1cc(-c2ccco2)on1)c1ccc2nsnc2c1. The zero-order valence-corrected chi connectivity index (χ0v) is 12.4. The van der Waals surface area contributed by atoms with E-state index in [-0.39, 0.29) is 6.61 Å². The molecule has 0 unspecified atom stereocenters. The number of benzene rings is 1. The van der Waals surface area contributed by atoms with Gasteiger partial charge in [-0.05, 0) is 30.3 Å². The Kier molecular flexibility index (Phi) is 3.35. The van der Waals surface area contributed by atoms with Crippen LogP contribution in [-0.2, 0) is 11.3 Å². The van der Waals surface area contributed by atoms with Crippen LogP contribution in [0.3, 0.4) is 0 Å². The van der Waals surface area contributed by atoms with Crippen molar-refractivity contribution < 1.29 is 18.5 Å². The first-order valence-electron chi connectivity index (χ1n) is 6.68. The molecule has 0 aliphatic rings. The quantitative estimate of drug-likeness (QED) is 0.531. The lowest BCUT2D eigenvalue weighted by molar-refractivity contribution is 0.0464. The number of hydrogen-bond donors (Lipinski definition) is 0. The minimum atomic E-state index is -0.456. The van der Waals surface area contributed by atoms with E-state index in [2.05, 4.69) is 13.9 Å². The van der Waals surface area contributed by atoms with Gasteiger partial charge in [-0.2, -0.15) is 8.75 Å². The van der Waals surface area contributed by atoms with Crippen LogP contribution in [0.2, 0.25) is 0 Å². The Morgan fingerprint density at radius 2 is 2.04 bits per heavy atom. The van der Waals surface area contributed by atoms with Crippen molar-refractivity contribution in [3.8, 4) is 11.5 Å². The van der Waals surface area contributed by atoms with Gasteiger partial charge in [0, 0.05) is 6.07 Å². The van der Waals surface area contributed by atoms with Crippen LogP contribution in [0.5, 0.6) is 0 Å². The van der Waals surface area contributed by atoms with E-state index >= 15 is 0 Å². The number of rotatable bonds is 4. The van der Waals surface area contributed by atoms with Crippen molar-refractivity contribution in [2.24, 2.45) is 0 Å². The molecule has 0 N–H and O–H groups in total. The highest BCUT2D eigenvalue weighted by Crippen LogP contribution is 2.21. The van der Waals surface area contributed by atoms with Crippen LogP contribution in [0, 0.1) is 0 Å². The average Bonchev–Trinajstić information content (AvgIpc) is 3.32. The van der Waals surface area contributed by atoms with Crippen molar-refractivity contribution >= 4 is 28.7 Å². The molecular weight excluding hydrogens is 318 g/mol. The second-order valence-electron chi connectivity index (χ2n) is 4.70. The van der Waals surface area contributed by atoms with E-state index in [1.54, 1.807) is 42.7 Å². The van der Waals surface area contributed by atoms with Crippen molar-refractivity contribution in [3.63, 3.8) is 0 Å². The van der Waals surface area contributed by atoms with Gasteiger partial charge in [0.1, 0.15) is 23.3 Å². The molecule has 0 atom stereocenters. The monoisotopic (exact) mass is 327 g/mol. The van der Waals surface area contributed by atoms with Gasteiger partial charge >= 0.3 is 5.97 Å². The molecule has 0 saturated heterocycles. The largest absolute Gasteiger partial charge is 0.461 e. The third-order valence-corrected chi connectivity index (χ3v) is 3.72. The average molecular weight is 327 g/mol. The number of nitrogens with zero attached hydrogens (tertiary/aromatic N) is 3. The molecule has 0 saturated carbocycles. The highest BCUT2D eigenvalue weighted by Gasteiger charge is 2.13. The molecule has 4 aromatic rings. The minimum Gasteiger partial charge on any atom is -0.461 e. The Morgan fingerprint density at radius 1 is 1.13 bits per heavy atom. The number of esters is 1. The molecule has 4 rings (SSSR count). The van der Waals surface area contributed by atoms with Crippen LogP contribution in [0.15, 0.2) is 51.6 Å². The van der Waals surface area contributed by atoms with Gasteiger partial charge in [0.25, 0.3) is 0 Å². The zero-order valence-electron chi connectivity index (χ0n) is 11.6. The number of hydrogen-bond acceptors (Lipinski definition) is 8. The first-order chi connectivity index (χ1) is 11.3. The molecule has 8 heteroatoms. The molecule has 0 fully saturated rings. The molecule has 0 bridgehead atoms. The molecule has 114 valence electrons. The number of fused-ring (bicyclic) bond motifs is 1. The Balaban J connectivity index is 1.45. The minimum absolute atomic E-state index is 0.0103. The fraction of sp³-hybridized carbons (Fsp3) is 0.0667. The van der Waals surface area contributed by atoms with Crippen LogP contribution < -0.4 is 0 Å². The van der Waals surface area contributed by atoms with Gasteiger partial charge in [0.05, 0.1) is 23.6 Å². The molecule has 3 aromatic heterocycles. The number of furan rings is 1. The van der Waals surface area contributed by atoms with Crippen LogP contribution in [0.25, 0.3) is 22.6 Å². The molecule has 0 spiro atoms. The fourth-order valence-electron chi connectivity index (χ4n) is 2.05. The van der Waals surface area contributed by atoms with Crippen molar-refractivity contribution in [3.05, 3.63) is 53.9 Å². The highest BCUT2D eigenvalue weighted by atomic mass is 32.1. The number of aromatic nitrogens is 3. The predicted octanol–water partition coefficient (Wildman–Crippen LogP) is 3.30. The number of carbonyl (C=O) groups excluding carboxylic acids is 1. The van der Waals surface area contributed by atoms with E-state index < -0.39 is 5.97 Å². The normalized spacial score (nSPS) is 11.0. The van der Waals surface area contributed by atoms with Crippen molar-refractivity contribution in [1.82, 2.24) is 13.9 Å². The molecule has 0 aliphatic heterocycles. The lowest BCUT2D eigenvalue weighted by Gasteiger charge is -2.01. The third-order valence-electron chi connectivity index (χ3n) is 3.16. The first kappa shape index (κ1) is 13.6. The summed E-state index contributed by atoms with van der Waals surface area (Å²) in [4.78, 5) is 12.1. The van der Waals surface area contributed by atoms with E-state index in [1.807, 2.05) is 0 Å². The van der Waals surface area contributed by atoms with Gasteiger partial charge in [-0.15, -0.1) is 0 Å². The van der Waals surface area contributed by atoms with E-state index in [1.165, 1.54) is 0 Å². The molecule has 0 radical (unpaired) electrons. The summed E-state index contributed by atoms with van der Waals surface area (Å²) in [7, 11) is 0. The van der Waals surface area contributed by atoms with E-state index in [9.17, 15) is 4.79 Å². The lowest BCUT2D eigenvalue weighted by Crippen LogP contribution is -2.05. The predicted molar refractivity (Wildman–Crippen MR) is 80.7 cm³/mol. The second-order valence-corrected chi connectivity index (χ2v) is 5.23. The van der Waals surface area contributed by atoms with Gasteiger partial charge in [-0.1, -0.05) is 5.16 Å². The highest BCUT2D eigenvalue weighted by molar-refractivity contribution is 7.00. The maximum Gasteiger partial charge on any atom is 0.338 e. The number of carbonyl (C=O) groups is 1. The summed E-state index contributed by atoms with van der Waals surface area (Å²) in [6, 6.07) is 10.2. The second kappa shape index (κ2) is 5.65. The van der Waals surface area contributed by atoms with Crippen molar-refractivity contribution in [2.75, 3.05) is 0 Å². The molecule has 0 aliphatic carbocycles. The van der Waals surface area contributed by atoms with E-state index in [4.69, 9.17) is 13.7 Å². The maximum absolute atomic E-state index is 12.1. The van der Waals surface area contributed by atoms with Crippen molar-refractivity contribution in [2.45, 2.75) is 6.61 Å². The van der Waals surface area contributed by atoms with Gasteiger partial charge in [-0.3, -0.25) is 0 Å². The fourth-order valence-corrected chi connectivity index (χ4v) is 2.56. The van der Waals surface area contributed by atoms with Gasteiger partial charge in [0.15, 0.2) is 5.76 Å². The van der Waals surface area contributed by atoms with Crippen LogP contribution in [-0.4, -0.2) is 19.9 Å². The van der Waals surface area contributed by atoms with E-state index in [0.29, 0.717) is 28.3 Å². The summed E-state index contributed by atoms with van der Waals surface area (Å²) in [5.41, 5.74) is 2.35. The summed E-state index contributed by atoms with van der Waals surface area (Å²) in [5.74, 6) is 0.593. The molecule has 23 heavy (non-hydrogen) atoms. The van der Waals surface area contributed by atoms with E-state index in [0.717, 1.165) is 17.2 Å². The summed E-state index contributed by atoms with van der Waals surface area (Å²) in [6.07, 6.45) is 1.54. The number of ether oxygens (including phenoxy) is 1. The Hall–Kier alpha value is -3.00. The zero-order chi connectivity index (χ0) is 15.6. The summed E-state index contributed by atoms with van der Waals surface area (Å²) in [6.45, 7) is 0.0103. The Bertz CT molecular complexity index is 958. The topological polar surface area (TPSA) is 91.2 Å².